The minimum Gasteiger partial charge on any atom is -0.488 e. The van der Waals surface area contributed by atoms with Crippen LogP contribution in [-0.2, 0) is 12.8 Å². The van der Waals surface area contributed by atoms with Crippen LogP contribution in [0.3, 0.4) is 0 Å². The fraction of sp³-hybridized carbons (Fsp3) is 0.250. The van der Waals surface area contributed by atoms with Crippen LogP contribution in [0.4, 0.5) is 0 Å². The number of fused-ring (bicyclic) bond motifs is 2. The van der Waals surface area contributed by atoms with Crippen molar-refractivity contribution < 1.29 is 9.47 Å². The van der Waals surface area contributed by atoms with Crippen molar-refractivity contribution in [3.8, 4) is 11.5 Å². The van der Waals surface area contributed by atoms with Gasteiger partial charge in [0, 0.05) is 21.5 Å². The van der Waals surface area contributed by atoms with Gasteiger partial charge in [0.1, 0.15) is 24.7 Å². The van der Waals surface area contributed by atoms with E-state index in [1.54, 1.807) is 12.2 Å². The molecule has 0 aliphatic carbocycles. The molecule has 0 aromatic heterocycles. The molecule has 0 spiro atoms. The maximum Gasteiger partial charge on any atom is 0.135 e. The molecule has 0 unspecified atom stereocenters. The molecule has 0 saturated carbocycles. The molecule has 3 aromatic rings. The van der Waals surface area contributed by atoms with E-state index >= 15 is 0 Å². The molecule has 0 radical (unpaired) electrons. The largest absolute Gasteiger partial charge is 0.488 e. The van der Waals surface area contributed by atoms with Crippen molar-refractivity contribution in [2.75, 3.05) is 13.2 Å². The average molecular weight is 346 g/mol. The maximum atomic E-state index is 6.19. The summed E-state index contributed by atoms with van der Waals surface area (Å²) in [5.74, 6) is 1.85. The molecule has 2 nitrogen and oxygen atoms in total. The Morgan fingerprint density at radius 2 is 1.15 bits per heavy atom. The van der Waals surface area contributed by atoms with Crippen molar-refractivity contribution in [2.45, 2.75) is 26.7 Å². The van der Waals surface area contributed by atoms with Gasteiger partial charge in [0.2, 0.25) is 0 Å². The highest BCUT2D eigenvalue weighted by molar-refractivity contribution is 6.13. The van der Waals surface area contributed by atoms with E-state index in [2.05, 4.69) is 63.4 Å². The summed E-state index contributed by atoms with van der Waals surface area (Å²) in [7, 11) is 0. The second kappa shape index (κ2) is 8.09. The summed E-state index contributed by atoms with van der Waals surface area (Å²) in [6.07, 6.45) is 5.44. The molecule has 0 saturated heterocycles. The van der Waals surface area contributed by atoms with Gasteiger partial charge in [0.25, 0.3) is 0 Å². The number of ether oxygens (including phenoxy) is 2. The first-order valence-corrected chi connectivity index (χ1v) is 9.23. The van der Waals surface area contributed by atoms with Gasteiger partial charge in [-0.3, -0.25) is 0 Å². The number of rotatable bonds is 8. The fourth-order valence-electron chi connectivity index (χ4n) is 3.56. The first kappa shape index (κ1) is 18.1. The number of hydrogen-bond acceptors (Lipinski definition) is 2. The Bertz CT molecular complexity index is 874. The summed E-state index contributed by atoms with van der Waals surface area (Å²) in [4.78, 5) is 0. The molecule has 0 atom stereocenters. The molecule has 0 heterocycles. The van der Waals surface area contributed by atoms with Gasteiger partial charge in [0.15, 0.2) is 0 Å². The predicted molar refractivity (Wildman–Crippen MR) is 112 cm³/mol. The third-order valence-corrected chi connectivity index (χ3v) is 4.70. The van der Waals surface area contributed by atoms with Crippen molar-refractivity contribution in [1.29, 1.82) is 0 Å². The molecule has 134 valence electrons. The molecule has 0 aliphatic heterocycles. The molecule has 2 heteroatoms. The second-order valence-electron chi connectivity index (χ2n) is 6.24. The van der Waals surface area contributed by atoms with Gasteiger partial charge in [-0.2, -0.15) is 0 Å². The third kappa shape index (κ3) is 3.08. The zero-order valence-electron chi connectivity index (χ0n) is 15.7. The highest BCUT2D eigenvalue weighted by Gasteiger charge is 2.19. The Morgan fingerprint density at radius 1 is 0.731 bits per heavy atom. The molecule has 0 bridgehead atoms. The van der Waals surface area contributed by atoms with Crippen LogP contribution in [0.15, 0.2) is 61.7 Å². The van der Waals surface area contributed by atoms with Gasteiger partial charge in [-0.05, 0) is 24.0 Å². The number of aryl methyl sites for hydroxylation is 2. The van der Waals surface area contributed by atoms with Gasteiger partial charge in [-0.15, -0.1) is 0 Å². The van der Waals surface area contributed by atoms with Crippen LogP contribution in [0.25, 0.3) is 21.5 Å². The molecular weight excluding hydrogens is 320 g/mol. The van der Waals surface area contributed by atoms with E-state index in [9.17, 15) is 0 Å². The summed E-state index contributed by atoms with van der Waals surface area (Å²) < 4.78 is 12.4. The zero-order chi connectivity index (χ0) is 18.5. The standard InChI is InChI=1S/C24H26O2/c1-5-15-25-23-19-13-9-12-18(8-4)22(19)24(26-16-6-2)20-14-10-11-17(7-3)21(20)23/h5-6,9-14H,1-2,7-8,15-16H2,3-4H3. The lowest BCUT2D eigenvalue weighted by atomic mass is 9.93. The maximum absolute atomic E-state index is 6.19. The van der Waals surface area contributed by atoms with Gasteiger partial charge in [-0.25, -0.2) is 0 Å². The van der Waals surface area contributed by atoms with E-state index in [-0.39, 0.29) is 0 Å². The molecule has 3 rings (SSSR count). The number of benzene rings is 3. The first-order chi connectivity index (χ1) is 12.8. The van der Waals surface area contributed by atoms with Crippen LogP contribution in [0.5, 0.6) is 11.5 Å². The molecule has 26 heavy (non-hydrogen) atoms. The van der Waals surface area contributed by atoms with Crippen molar-refractivity contribution in [1.82, 2.24) is 0 Å². The first-order valence-electron chi connectivity index (χ1n) is 9.23. The lowest BCUT2D eigenvalue weighted by Gasteiger charge is -2.20. The predicted octanol–water partition coefficient (Wildman–Crippen LogP) is 6.25. The normalized spacial score (nSPS) is 10.8. The molecule has 0 fully saturated rings. The topological polar surface area (TPSA) is 18.5 Å². The van der Waals surface area contributed by atoms with Crippen molar-refractivity contribution in [3.63, 3.8) is 0 Å². The lowest BCUT2D eigenvalue weighted by Crippen LogP contribution is -2.02. The minimum absolute atomic E-state index is 0.478. The number of hydrogen-bond donors (Lipinski definition) is 0. The van der Waals surface area contributed by atoms with Gasteiger partial charge in [-0.1, -0.05) is 75.6 Å². The molecule has 0 N–H and O–H groups in total. The van der Waals surface area contributed by atoms with Crippen molar-refractivity contribution in [3.05, 3.63) is 72.8 Å². The van der Waals surface area contributed by atoms with E-state index in [0.29, 0.717) is 13.2 Å². The zero-order valence-corrected chi connectivity index (χ0v) is 15.7. The summed E-state index contributed by atoms with van der Waals surface area (Å²) >= 11 is 0. The van der Waals surface area contributed by atoms with Crippen LogP contribution in [0, 0.1) is 0 Å². The molecule has 0 aliphatic rings. The third-order valence-electron chi connectivity index (χ3n) is 4.70. The minimum atomic E-state index is 0.478. The van der Waals surface area contributed by atoms with E-state index in [1.807, 2.05) is 0 Å². The second-order valence-corrected chi connectivity index (χ2v) is 6.24. The van der Waals surface area contributed by atoms with E-state index in [0.717, 1.165) is 45.9 Å². The highest BCUT2D eigenvalue weighted by atomic mass is 16.5. The highest BCUT2D eigenvalue weighted by Crippen LogP contribution is 2.45. The molecule has 3 aromatic carbocycles. The van der Waals surface area contributed by atoms with E-state index in [4.69, 9.17) is 9.47 Å². The Labute approximate surface area is 155 Å². The smallest absolute Gasteiger partial charge is 0.135 e. The lowest BCUT2D eigenvalue weighted by molar-refractivity contribution is 0.365. The summed E-state index contributed by atoms with van der Waals surface area (Å²) in [5, 5.41) is 4.46. The Morgan fingerprint density at radius 3 is 1.50 bits per heavy atom. The monoisotopic (exact) mass is 346 g/mol. The summed E-state index contributed by atoms with van der Waals surface area (Å²) in [5.41, 5.74) is 2.52. The fourth-order valence-corrected chi connectivity index (χ4v) is 3.56. The summed E-state index contributed by atoms with van der Waals surface area (Å²) in [6.45, 7) is 12.9. The average Bonchev–Trinajstić information content (AvgIpc) is 2.69. The quantitative estimate of drug-likeness (QED) is 0.355. The Kier molecular flexibility index (Phi) is 5.62. The van der Waals surface area contributed by atoms with Gasteiger partial charge in [0.05, 0.1) is 0 Å². The SMILES string of the molecule is C=CCOc1c2cccc(CC)c2c(OCC=C)c2cccc(CC)c12. The van der Waals surface area contributed by atoms with Gasteiger partial charge >= 0.3 is 0 Å². The van der Waals surface area contributed by atoms with E-state index in [1.165, 1.54) is 11.1 Å². The van der Waals surface area contributed by atoms with Crippen LogP contribution in [0.1, 0.15) is 25.0 Å². The van der Waals surface area contributed by atoms with Crippen LogP contribution < -0.4 is 9.47 Å². The molecule has 0 amide bonds. The molecular formula is C24H26O2. The van der Waals surface area contributed by atoms with Crippen LogP contribution in [-0.4, -0.2) is 13.2 Å². The summed E-state index contributed by atoms with van der Waals surface area (Å²) in [6, 6.07) is 12.8. The van der Waals surface area contributed by atoms with Crippen LogP contribution >= 0.6 is 0 Å². The van der Waals surface area contributed by atoms with Crippen molar-refractivity contribution >= 4 is 21.5 Å². The van der Waals surface area contributed by atoms with E-state index < -0.39 is 0 Å². The van der Waals surface area contributed by atoms with Gasteiger partial charge < -0.3 is 9.47 Å². The Hall–Kier alpha value is -2.74. The van der Waals surface area contributed by atoms with Crippen LogP contribution in [0.2, 0.25) is 0 Å². The Balaban J connectivity index is 2.51. The van der Waals surface area contributed by atoms with Crippen molar-refractivity contribution in [2.24, 2.45) is 0 Å².